The molecule has 1 N–H and O–H groups in total. The first-order valence-electron chi connectivity index (χ1n) is 7.52. The summed E-state index contributed by atoms with van der Waals surface area (Å²) in [6.07, 6.45) is 2.22. The number of aliphatic carboxylic acids is 1. The van der Waals surface area contributed by atoms with E-state index in [1.54, 1.807) is 12.1 Å². The normalized spacial score (nSPS) is 21.1. The molecular weight excluding hydrogens is 282 g/mol. The van der Waals surface area contributed by atoms with Gasteiger partial charge in [0.2, 0.25) is 0 Å². The van der Waals surface area contributed by atoms with Gasteiger partial charge in [0.1, 0.15) is 6.04 Å². The van der Waals surface area contributed by atoms with Gasteiger partial charge in [-0.3, -0.25) is 9.80 Å². The molecule has 0 saturated carbocycles. The van der Waals surface area contributed by atoms with E-state index in [9.17, 15) is 14.7 Å². The molecule has 6 heteroatoms. The fraction of sp³-hybridized carbons (Fsp3) is 0.438. The van der Waals surface area contributed by atoms with Crippen molar-refractivity contribution in [2.45, 2.75) is 32.2 Å². The number of benzene rings is 1. The van der Waals surface area contributed by atoms with E-state index in [-0.39, 0.29) is 5.91 Å². The van der Waals surface area contributed by atoms with Crippen LogP contribution in [0.25, 0.3) is 0 Å². The van der Waals surface area contributed by atoms with Crippen molar-refractivity contribution in [3.63, 3.8) is 0 Å². The summed E-state index contributed by atoms with van der Waals surface area (Å²) in [5.41, 5.74) is 2.57. The fourth-order valence-corrected chi connectivity index (χ4v) is 2.97. The van der Waals surface area contributed by atoms with Crippen molar-refractivity contribution in [3.05, 3.63) is 29.8 Å². The minimum atomic E-state index is -0.927. The molecule has 0 radical (unpaired) electrons. The standard InChI is InChI=1S/C16H19N3O3/c1-11-8-10-19(17-11)13-6-4-12(5-7-13)15(20)18-9-2-3-14(18)16(21)22/h4-7,14H,2-3,8-10H2,1H3,(H,21,22)/t14-/m1/s1. The lowest BCUT2D eigenvalue weighted by atomic mass is 10.1. The predicted octanol–water partition coefficient (Wildman–Crippen LogP) is 1.96. The third kappa shape index (κ3) is 2.68. The van der Waals surface area contributed by atoms with Crippen LogP contribution < -0.4 is 5.01 Å². The first kappa shape index (κ1) is 14.6. The van der Waals surface area contributed by atoms with Gasteiger partial charge in [-0.05, 0) is 44.0 Å². The van der Waals surface area contributed by atoms with Crippen LogP contribution >= 0.6 is 0 Å². The van der Waals surface area contributed by atoms with Gasteiger partial charge in [-0.2, -0.15) is 5.10 Å². The molecule has 1 saturated heterocycles. The molecule has 116 valence electrons. The molecule has 2 aliphatic rings. The summed E-state index contributed by atoms with van der Waals surface area (Å²) in [5, 5.41) is 15.5. The SMILES string of the molecule is CC1=NN(c2ccc(C(=O)N3CCC[C@@H]3C(=O)O)cc2)CC1. The van der Waals surface area contributed by atoms with Gasteiger partial charge in [0.15, 0.2) is 0 Å². The van der Waals surface area contributed by atoms with Gasteiger partial charge in [-0.25, -0.2) is 4.79 Å². The highest BCUT2D eigenvalue weighted by Gasteiger charge is 2.34. The summed E-state index contributed by atoms with van der Waals surface area (Å²) in [6.45, 7) is 3.36. The maximum absolute atomic E-state index is 12.5. The Morgan fingerprint density at radius 2 is 1.95 bits per heavy atom. The summed E-state index contributed by atoms with van der Waals surface area (Å²) >= 11 is 0. The summed E-state index contributed by atoms with van der Waals surface area (Å²) < 4.78 is 0. The lowest BCUT2D eigenvalue weighted by molar-refractivity contribution is -0.141. The van der Waals surface area contributed by atoms with E-state index in [4.69, 9.17) is 0 Å². The quantitative estimate of drug-likeness (QED) is 0.926. The van der Waals surface area contributed by atoms with Crippen molar-refractivity contribution in [3.8, 4) is 0 Å². The molecule has 6 nitrogen and oxygen atoms in total. The van der Waals surface area contributed by atoms with E-state index in [1.807, 2.05) is 24.1 Å². The first-order valence-corrected chi connectivity index (χ1v) is 7.52. The maximum Gasteiger partial charge on any atom is 0.326 e. The molecule has 3 rings (SSSR count). The van der Waals surface area contributed by atoms with Crippen molar-refractivity contribution in [1.82, 2.24) is 4.90 Å². The number of hydrogen-bond donors (Lipinski definition) is 1. The largest absolute Gasteiger partial charge is 0.480 e. The van der Waals surface area contributed by atoms with Gasteiger partial charge in [0, 0.05) is 30.8 Å². The van der Waals surface area contributed by atoms with Crippen LogP contribution in [-0.2, 0) is 4.79 Å². The molecule has 22 heavy (non-hydrogen) atoms. The van der Waals surface area contributed by atoms with E-state index < -0.39 is 12.0 Å². The number of amides is 1. The highest BCUT2D eigenvalue weighted by Crippen LogP contribution is 2.23. The molecule has 1 aromatic carbocycles. The third-order valence-electron chi connectivity index (χ3n) is 4.19. The minimum absolute atomic E-state index is 0.211. The van der Waals surface area contributed by atoms with E-state index in [2.05, 4.69) is 5.10 Å². The fourth-order valence-electron chi connectivity index (χ4n) is 2.97. The number of carboxylic acid groups (broad SMARTS) is 1. The van der Waals surface area contributed by atoms with Gasteiger partial charge in [-0.1, -0.05) is 0 Å². The monoisotopic (exact) mass is 301 g/mol. The Labute approximate surface area is 129 Å². The Balaban J connectivity index is 1.75. The summed E-state index contributed by atoms with van der Waals surface area (Å²) in [5.74, 6) is -1.14. The van der Waals surface area contributed by atoms with Gasteiger partial charge in [0.25, 0.3) is 5.91 Å². The van der Waals surface area contributed by atoms with Crippen molar-refractivity contribution in [1.29, 1.82) is 0 Å². The Hall–Kier alpha value is -2.37. The number of likely N-dealkylation sites (tertiary alicyclic amines) is 1. The zero-order valence-electron chi connectivity index (χ0n) is 12.5. The summed E-state index contributed by atoms with van der Waals surface area (Å²) in [4.78, 5) is 25.1. The molecule has 1 amide bonds. The second-order valence-electron chi connectivity index (χ2n) is 5.75. The molecule has 2 aliphatic heterocycles. The number of rotatable bonds is 3. The minimum Gasteiger partial charge on any atom is -0.480 e. The number of carbonyl (C=O) groups is 2. The molecule has 0 bridgehead atoms. The van der Waals surface area contributed by atoms with Gasteiger partial charge in [0.05, 0.1) is 5.69 Å². The molecule has 1 atom stereocenters. The molecule has 1 fully saturated rings. The molecule has 1 aromatic rings. The van der Waals surface area contributed by atoms with Crippen molar-refractivity contribution < 1.29 is 14.7 Å². The Morgan fingerprint density at radius 3 is 2.55 bits per heavy atom. The van der Waals surface area contributed by atoms with Crippen LogP contribution in [0.4, 0.5) is 5.69 Å². The van der Waals surface area contributed by atoms with Crippen LogP contribution in [0, 0.1) is 0 Å². The Bertz CT molecular complexity index is 624. The third-order valence-corrected chi connectivity index (χ3v) is 4.19. The number of carbonyl (C=O) groups excluding carboxylic acids is 1. The van der Waals surface area contributed by atoms with Crippen molar-refractivity contribution >= 4 is 23.3 Å². The lowest BCUT2D eigenvalue weighted by Gasteiger charge is -2.22. The van der Waals surface area contributed by atoms with E-state index in [0.717, 1.165) is 30.8 Å². The van der Waals surface area contributed by atoms with Gasteiger partial charge in [-0.15, -0.1) is 0 Å². The Kier molecular flexibility index (Phi) is 3.83. The van der Waals surface area contributed by atoms with Crippen LogP contribution in [-0.4, -0.2) is 46.7 Å². The van der Waals surface area contributed by atoms with E-state index in [0.29, 0.717) is 18.5 Å². The Morgan fingerprint density at radius 1 is 1.23 bits per heavy atom. The first-order chi connectivity index (χ1) is 10.6. The van der Waals surface area contributed by atoms with Gasteiger partial charge >= 0.3 is 5.97 Å². The number of hydrazone groups is 1. The predicted molar refractivity (Wildman–Crippen MR) is 83.2 cm³/mol. The van der Waals surface area contributed by atoms with E-state index in [1.165, 1.54) is 4.90 Å². The molecule has 0 spiro atoms. The number of carboxylic acids is 1. The van der Waals surface area contributed by atoms with Crippen molar-refractivity contribution in [2.75, 3.05) is 18.1 Å². The molecule has 0 aromatic heterocycles. The van der Waals surface area contributed by atoms with Crippen LogP contribution in [0.3, 0.4) is 0 Å². The number of nitrogens with zero attached hydrogens (tertiary/aromatic N) is 3. The summed E-state index contributed by atoms with van der Waals surface area (Å²) in [7, 11) is 0. The second-order valence-corrected chi connectivity index (χ2v) is 5.75. The topological polar surface area (TPSA) is 73.2 Å². The van der Waals surface area contributed by atoms with Crippen LogP contribution in [0.2, 0.25) is 0 Å². The molecule has 0 unspecified atom stereocenters. The highest BCUT2D eigenvalue weighted by atomic mass is 16.4. The number of anilines is 1. The van der Waals surface area contributed by atoms with Gasteiger partial charge < -0.3 is 10.0 Å². The molecular formula is C16H19N3O3. The van der Waals surface area contributed by atoms with Crippen LogP contribution in [0.15, 0.2) is 29.4 Å². The smallest absolute Gasteiger partial charge is 0.326 e. The zero-order valence-corrected chi connectivity index (χ0v) is 12.5. The average Bonchev–Trinajstić information content (AvgIpc) is 3.15. The van der Waals surface area contributed by atoms with Crippen LogP contribution in [0.1, 0.15) is 36.5 Å². The molecule has 2 heterocycles. The highest BCUT2D eigenvalue weighted by molar-refractivity contribution is 5.97. The summed E-state index contributed by atoms with van der Waals surface area (Å²) in [6, 6.07) is 6.52. The number of hydrogen-bond acceptors (Lipinski definition) is 4. The average molecular weight is 301 g/mol. The lowest BCUT2D eigenvalue weighted by Crippen LogP contribution is -2.40. The maximum atomic E-state index is 12.5. The zero-order chi connectivity index (χ0) is 15.7. The van der Waals surface area contributed by atoms with E-state index >= 15 is 0 Å². The van der Waals surface area contributed by atoms with Crippen LogP contribution in [0.5, 0.6) is 0 Å². The second kappa shape index (κ2) is 5.79. The van der Waals surface area contributed by atoms with Crippen molar-refractivity contribution in [2.24, 2.45) is 5.10 Å². The molecule has 0 aliphatic carbocycles.